The maximum atomic E-state index is 12.5. The lowest BCUT2D eigenvalue weighted by molar-refractivity contribution is 0.0950. The second-order valence-electron chi connectivity index (χ2n) is 7.21. The number of benzene rings is 3. The molecule has 9 heteroatoms. The van der Waals surface area contributed by atoms with Gasteiger partial charge in [0.25, 0.3) is 11.8 Å². The fraction of sp³-hybridized carbons (Fsp3) is 0.160. The van der Waals surface area contributed by atoms with Gasteiger partial charge in [-0.05, 0) is 67.1 Å². The van der Waals surface area contributed by atoms with Crippen molar-refractivity contribution in [3.8, 4) is 17.2 Å². The van der Waals surface area contributed by atoms with Gasteiger partial charge in [-0.3, -0.25) is 9.59 Å². The SMILES string of the molecule is CCOC(=O)Oc1ccc(C(=O)NCc2ccc(NC(=O)c3ccc4c(c3)OCO4)cc2)cc1. The van der Waals surface area contributed by atoms with Crippen LogP contribution in [0, 0.1) is 0 Å². The molecule has 9 nitrogen and oxygen atoms in total. The summed E-state index contributed by atoms with van der Waals surface area (Å²) in [6.45, 7) is 2.34. The standard InChI is InChI=1S/C25H22N2O7/c1-2-31-25(30)34-20-10-5-17(6-11-20)23(28)26-14-16-3-8-19(9-4-16)27-24(29)18-7-12-21-22(13-18)33-15-32-21/h3-13H,2,14-15H2,1H3,(H,26,28)(H,27,29). The van der Waals surface area contributed by atoms with E-state index >= 15 is 0 Å². The predicted octanol–water partition coefficient (Wildman–Crippen LogP) is 4.13. The van der Waals surface area contributed by atoms with Crippen LogP contribution in [0.5, 0.6) is 17.2 Å². The first-order valence-corrected chi connectivity index (χ1v) is 10.5. The lowest BCUT2D eigenvalue weighted by atomic mass is 10.1. The van der Waals surface area contributed by atoms with Gasteiger partial charge in [-0.15, -0.1) is 0 Å². The molecule has 0 bridgehead atoms. The van der Waals surface area contributed by atoms with Crippen molar-refractivity contribution in [3.63, 3.8) is 0 Å². The molecule has 0 fully saturated rings. The number of hydrogen-bond donors (Lipinski definition) is 2. The summed E-state index contributed by atoms with van der Waals surface area (Å²) in [6, 6.07) is 18.3. The Bertz CT molecular complexity index is 1190. The van der Waals surface area contributed by atoms with Gasteiger partial charge in [0.1, 0.15) is 5.75 Å². The van der Waals surface area contributed by atoms with E-state index in [0.717, 1.165) is 5.56 Å². The summed E-state index contributed by atoms with van der Waals surface area (Å²) in [4.78, 5) is 36.2. The van der Waals surface area contributed by atoms with Gasteiger partial charge in [-0.2, -0.15) is 0 Å². The second-order valence-corrected chi connectivity index (χ2v) is 7.21. The van der Waals surface area contributed by atoms with Crippen LogP contribution in [0.25, 0.3) is 0 Å². The van der Waals surface area contributed by atoms with Gasteiger partial charge in [-0.1, -0.05) is 12.1 Å². The van der Waals surface area contributed by atoms with Crippen LogP contribution in [0.4, 0.5) is 10.5 Å². The number of amides is 2. The smallest absolute Gasteiger partial charge is 0.454 e. The second kappa shape index (κ2) is 10.4. The molecule has 2 N–H and O–H groups in total. The van der Waals surface area contributed by atoms with Crippen molar-refractivity contribution in [3.05, 3.63) is 83.4 Å². The van der Waals surface area contributed by atoms with Gasteiger partial charge in [0, 0.05) is 23.4 Å². The van der Waals surface area contributed by atoms with Crippen LogP contribution in [-0.2, 0) is 11.3 Å². The summed E-state index contributed by atoms with van der Waals surface area (Å²) < 4.78 is 20.2. The van der Waals surface area contributed by atoms with E-state index < -0.39 is 6.16 Å². The molecule has 174 valence electrons. The average Bonchev–Trinajstić information content (AvgIpc) is 3.32. The molecule has 0 radical (unpaired) electrons. The van der Waals surface area contributed by atoms with Crippen LogP contribution in [0.1, 0.15) is 33.2 Å². The lowest BCUT2D eigenvalue weighted by Crippen LogP contribution is -2.22. The molecule has 4 rings (SSSR count). The first-order chi connectivity index (χ1) is 16.5. The normalized spacial score (nSPS) is 11.4. The zero-order valence-electron chi connectivity index (χ0n) is 18.3. The van der Waals surface area contributed by atoms with E-state index in [2.05, 4.69) is 10.6 Å². The molecule has 0 atom stereocenters. The Morgan fingerprint density at radius 2 is 1.56 bits per heavy atom. The largest absolute Gasteiger partial charge is 0.513 e. The minimum absolute atomic E-state index is 0.146. The third-order valence-corrected chi connectivity index (χ3v) is 4.88. The first kappa shape index (κ1) is 22.7. The third kappa shape index (κ3) is 5.63. The van der Waals surface area contributed by atoms with Gasteiger partial charge >= 0.3 is 6.16 Å². The average molecular weight is 462 g/mol. The maximum Gasteiger partial charge on any atom is 0.513 e. The summed E-state index contributed by atoms with van der Waals surface area (Å²) in [5.41, 5.74) is 2.36. The Morgan fingerprint density at radius 3 is 2.29 bits per heavy atom. The Kier molecular flexibility index (Phi) is 6.92. The molecule has 0 spiro atoms. The molecule has 1 aliphatic rings. The van der Waals surface area contributed by atoms with E-state index in [0.29, 0.717) is 34.9 Å². The topological polar surface area (TPSA) is 112 Å². The van der Waals surface area contributed by atoms with E-state index in [1.54, 1.807) is 49.4 Å². The van der Waals surface area contributed by atoms with Crippen LogP contribution in [0.3, 0.4) is 0 Å². The highest BCUT2D eigenvalue weighted by molar-refractivity contribution is 6.04. The summed E-state index contributed by atoms with van der Waals surface area (Å²) in [5.74, 6) is 0.898. The maximum absolute atomic E-state index is 12.5. The molecule has 3 aromatic rings. The molecule has 0 aliphatic carbocycles. The third-order valence-electron chi connectivity index (χ3n) is 4.88. The minimum Gasteiger partial charge on any atom is -0.454 e. The molecule has 0 unspecified atom stereocenters. The molecular formula is C25H22N2O7. The van der Waals surface area contributed by atoms with Crippen LogP contribution in [0.2, 0.25) is 0 Å². The van der Waals surface area contributed by atoms with Crippen molar-refractivity contribution in [1.82, 2.24) is 5.32 Å². The number of rotatable bonds is 7. The quantitative estimate of drug-likeness (QED) is 0.401. The molecule has 34 heavy (non-hydrogen) atoms. The summed E-state index contributed by atoms with van der Waals surface area (Å²) in [5, 5.41) is 5.65. The molecule has 0 saturated heterocycles. The van der Waals surface area contributed by atoms with Gasteiger partial charge < -0.3 is 29.6 Å². The number of fused-ring (bicyclic) bond motifs is 1. The first-order valence-electron chi connectivity index (χ1n) is 10.5. The molecule has 2 amide bonds. The molecule has 0 aromatic heterocycles. The zero-order valence-corrected chi connectivity index (χ0v) is 18.3. The number of carbonyl (C=O) groups excluding carboxylic acids is 3. The highest BCUT2D eigenvalue weighted by Crippen LogP contribution is 2.32. The van der Waals surface area contributed by atoms with Gasteiger partial charge in [0.05, 0.1) is 6.61 Å². The van der Waals surface area contributed by atoms with E-state index in [-0.39, 0.29) is 31.0 Å². The molecule has 1 heterocycles. The Hall–Kier alpha value is -4.53. The van der Waals surface area contributed by atoms with E-state index in [4.69, 9.17) is 18.9 Å². The van der Waals surface area contributed by atoms with Crippen LogP contribution < -0.4 is 24.8 Å². The molecule has 1 aliphatic heterocycles. The van der Waals surface area contributed by atoms with Gasteiger partial charge in [0.15, 0.2) is 11.5 Å². The monoisotopic (exact) mass is 462 g/mol. The number of anilines is 1. The number of carbonyl (C=O) groups is 3. The summed E-state index contributed by atoms with van der Waals surface area (Å²) >= 11 is 0. The van der Waals surface area contributed by atoms with E-state index in [9.17, 15) is 14.4 Å². The van der Waals surface area contributed by atoms with Gasteiger partial charge in [-0.25, -0.2) is 4.79 Å². The highest BCUT2D eigenvalue weighted by atomic mass is 16.7. The lowest BCUT2D eigenvalue weighted by Gasteiger charge is -2.09. The van der Waals surface area contributed by atoms with Crippen molar-refractivity contribution >= 4 is 23.7 Å². The van der Waals surface area contributed by atoms with Crippen molar-refractivity contribution in [2.45, 2.75) is 13.5 Å². The van der Waals surface area contributed by atoms with Crippen molar-refractivity contribution < 1.29 is 33.3 Å². The minimum atomic E-state index is -0.796. The predicted molar refractivity (Wildman–Crippen MR) is 122 cm³/mol. The van der Waals surface area contributed by atoms with E-state index in [1.165, 1.54) is 12.1 Å². The fourth-order valence-electron chi connectivity index (χ4n) is 3.15. The van der Waals surface area contributed by atoms with Crippen molar-refractivity contribution in [2.75, 3.05) is 18.7 Å². The molecular weight excluding hydrogens is 440 g/mol. The summed E-state index contributed by atoms with van der Waals surface area (Å²) in [7, 11) is 0. The zero-order chi connectivity index (χ0) is 23.9. The van der Waals surface area contributed by atoms with Gasteiger partial charge in [0.2, 0.25) is 6.79 Å². The van der Waals surface area contributed by atoms with Crippen LogP contribution >= 0.6 is 0 Å². The van der Waals surface area contributed by atoms with Crippen molar-refractivity contribution in [1.29, 1.82) is 0 Å². The number of nitrogens with one attached hydrogen (secondary N) is 2. The molecule has 3 aromatic carbocycles. The fourth-order valence-corrected chi connectivity index (χ4v) is 3.15. The Balaban J connectivity index is 1.27. The Labute approximate surface area is 195 Å². The van der Waals surface area contributed by atoms with E-state index in [1.807, 2.05) is 12.1 Å². The van der Waals surface area contributed by atoms with Crippen LogP contribution in [0.15, 0.2) is 66.7 Å². The highest BCUT2D eigenvalue weighted by Gasteiger charge is 2.16. The summed E-state index contributed by atoms with van der Waals surface area (Å²) in [6.07, 6.45) is -0.796. The number of ether oxygens (including phenoxy) is 4. The number of hydrogen-bond acceptors (Lipinski definition) is 7. The Morgan fingerprint density at radius 1 is 0.853 bits per heavy atom. The van der Waals surface area contributed by atoms with Crippen molar-refractivity contribution in [2.24, 2.45) is 0 Å². The molecule has 0 saturated carbocycles. The van der Waals surface area contributed by atoms with Crippen LogP contribution in [-0.4, -0.2) is 31.4 Å².